The number of nitrogens with one attached hydrogen (secondary N) is 2. The molecule has 0 aliphatic carbocycles. The number of amides is 2. The molecule has 0 radical (unpaired) electrons. The van der Waals surface area contributed by atoms with Gasteiger partial charge >= 0.3 is 0 Å². The maximum absolute atomic E-state index is 12.2. The van der Waals surface area contributed by atoms with Crippen LogP contribution in [0.25, 0.3) is 0 Å². The van der Waals surface area contributed by atoms with E-state index in [-0.39, 0.29) is 29.7 Å². The molecule has 0 saturated heterocycles. The maximum Gasteiger partial charge on any atom is 0.262 e. The summed E-state index contributed by atoms with van der Waals surface area (Å²) in [4.78, 5) is 24.5. The molecule has 0 heterocycles. The van der Waals surface area contributed by atoms with Crippen molar-refractivity contribution in [1.82, 2.24) is 0 Å². The molecule has 0 spiro atoms. The fourth-order valence-corrected chi connectivity index (χ4v) is 3.59. The molecular weight excluding hydrogens is 456 g/mol. The topological polar surface area (TPSA) is 111 Å². The largest absolute Gasteiger partial charge is 0.494 e. The van der Waals surface area contributed by atoms with E-state index in [0.717, 1.165) is 6.26 Å². The molecule has 3 aromatic carbocycles. The molecule has 2 N–H and O–H groups in total. The molecule has 8 nitrogen and oxygen atoms in total. The number of rotatable bonds is 11. The highest BCUT2D eigenvalue weighted by molar-refractivity contribution is 7.90. The van der Waals surface area contributed by atoms with Crippen molar-refractivity contribution >= 4 is 33.0 Å². The first kappa shape index (κ1) is 24.8. The van der Waals surface area contributed by atoms with Gasteiger partial charge in [-0.15, -0.1) is 0 Å². The van der Waals surface area contributed by atoms with Gasteiger partial charge in [0.1, 0.15) is 11.5 Å². The summed E-state index contributed by atoms with van der Waals surface area (Å²) >= 11 is 0. The van der Waals surface area contributed by atoms with Crippen LogP contribution >= 0.6 is 0 Å². The molecule has 0 aliphatic rings. The van der Waals surface area contributed by atoms with Gasteiger partial charge in [0.2, 0.25) is 5.91 Å². The highest BCUT2D eigenvalue weighted by Gasteiger charge is 2.08. The lowest BCUT2D eigenvalue weighted by molar-refractivity contribution is -0.118. The molecule has 0 aliphatic heterocycles. The van der Waals surface area contributed by atoms with Crippen molar-refractivity contribution in [2.24, 2.45) is 0 Å². The average molecular weight is 483 g/mol. The molecular formula is C25H26N2O6S. The zero-order chi connectivity index (χ0) is 24.4. The van der Waals surface area contributed by atoms with Crippen LogP contribution in [0.5, 0.6) is 11.5 Å². The highest BCUT2D eigenvalue weighted by Crippen LogP contribution is 2.19. The number of carbonyl (C=O) groups excluding carboxylic acids is 2. The van der Waals surface area contributed by atoms with Crippen molar-refractivity contribution < 1.29 is 27.5 Å². The Morgan fingerprint density at radius 3 is 2.15 bits per heavy atom. The van der Waals surface area contributed by atoms with E-state index in [1.165, 1.54) is 12.1 Å². The summed E-state index contributed by atoms with van der Waals surface area (Å²) in [6.07, 6.45) is 1.87. The number of anilines is 2. The van der Waals surface area contributed by atoms with Gasteiger partial charge in [0.05, 0.1) is 11.5 Å². The Bertz CT molecular complexity index is 1210. The van der Waals surface area contributed by atoms with Crippen LogP contribution in [0.3, 0.4) is 0 Å². The van der Waals surface area contributed by atoms with Crippen molar-refractivity contribution in [3.63, 3.8) is 0 Å². The highest BCUT2D eigenvalue weighted by atomic mass is 32.2. The second kappa shape index (κ2) is 11.9. The van der Waals surface area contributed by atoms with Crippen LogP contribution in [-0.4, -0.2) is 39.7 Å². The zero-order valence-electron chi connectivity index (χ0n) is 18.7. The molecule has 0 saturated carbocycles. The van der Waals surface area contributed by atoms with Crippen molar-refractivity contribution in [3.05, 3.63) is 78.9 Å². The van der Waals surface area contributed by atoms with Gasteiger partial charge in [-0.3, -0.25) is 9.59 Å². The average Bonchev–Trinajstić information content (AvgIpc) is 2.81. The van der Waals surface area contributed by atoms with E-state index in [2.05, 4.69) is 10.6 Å². The Hall–Kier alpha value is -3.85. The van der Waals surface area contributed by atoms with Gasteiger partial charge < -0.3 is 20.1 Å². The number of hydrogen-bond acceptors (Lipinski definition) is 6. The van der Waals surface area contributed by atoms with Crippen LogP contribution in [0.2, 0.25) is 0 Å². The lowest BCUT2D eigenvalue weighted by atomic mass is 10.2. The van der Waals surface area contributed by atoms with Crippen LogP contribution < -0.4 is 20.1 Å². The van der Waals surface area contributed by atoms with Gasteiger partial charge in [-0.2, -0.15) is 0 Å². The van der Waals surface area contributed by atoms with Crippen molar-refractivity contribution in [2.45, 2.75) is 17.7 Å². The normalized spacial score (nSPS) is 10.9. The molecule has 3 aromatic rings. The Labute approximate surface area is 198 Å². The third-order valence-corrected chi connectivity index (χ3v) is 5.74. The van der Waals surface area contributed by atoms with Crippen LogP contribution in [0, 0.1) is 0 Å². The number of benzene rings is 3. The van der Waals surface area contributed by atoms with Crippen molar-refractivity contribution in [2.75, 3.05) is 30.1 Å². The Morgan fingerprint density at radius 2 is 1.44 bits per heavy atom. The standard InChI is InChI=1S/C25H26N2O6S/c1-34(30,31)23-14-12-21(13-15-23)32-16-6-11-24(28)27-20-9-5-10-22(17-20)33-18-25(29)26-19-7-3-2-4-8-19/h2-5,7-10,12-15,17H,6,11,16,18H2,1H3,(H,26,29)(H,27,28). The van der Waals surface area contributed by atoms with Gasteiger partial charge in [0, 0.05) is 30.1 Å². The molecule has 0 fully saturated rings. The fourth-order valence-electron chi connectivity index (χ4n) is 2.96. The van der Waals surface area contributed by atoms with E-state index < -0.39 is 9.84 Å². The summed E-state index contributed by atoms with van der Waals surface area (Å²) in [5, 5.41) is 5.53. The Balaban J connectivity index is 1.38. The minimum absolute atomic E-state index is 0.158. The molecule has 0 atom stereocenters. The minimum Gasteiger partial charge on any atom is -0.494 e. The first-order chi connectivity index (χ1) is 16.3. The number of ether oxygens (including phenoxy) is 2. The first-order valence-corrected chi connectivity index (χ1v) is 12.5. The smallest absolute Gasteiger partial charge is 0.262 e. The second-order valence-corrected chi connectivity index (χ2v) is 9.49. The number of hydrogen-bond donors (Lipinski definition) is 2. The van der Waals surface area contributed by atoms with Crippen molar-refractivity contribution in [3.8, 4) is 11.5 Å². The van der Waals surface area contributed by atoms with E-state index in [1.54, 1.807) is 48.5 Å². The van der Waals surface area contributed by atoms with Gasteiger partial charge in [-0.1, -0.05) is 24.3 Å². The number of carbonyl (C=O) groups is 2. The first-order valence-electron chi connectivity index (χ1n) is 10.6. The van der Waals surface area contributed by atoms with Crippen LogP contribution in [-0.2, 0) is 19.4 Å². The lowest BCUT2D eigenvalue weighted by Crippen LogP contribution is -2.20. The van der Waals surface area contributed by atoms with Crippen LogP contribution in [0.15, 0.2) is 83.8 Å². The van der Waals surface area contributed by atoms with E-state index in [9.17, 15) is 18.0 Å². The zero-order valence-corrected chi connectivity index (χ0v) is 19.5. The summed E-state index contributed by atoms with van der Waals surface area (Å²) in [6.45, 7) is 0.153. The van der Waals surface area contributed by atoms with Gasteiger partial charge in [-0.05, 0) is 55.0 Å². The number of para-hydroxylation sites is 1. The third-order valence-electron chi connectivity index (χ3n) is 4.61. The summed E-state index contributed by atoms with van der Waals surface area (Å²) in [7, 11) is -3.25. The molecule has 0 aromatic heterocycles. The summed E-state index contributed by atoms with van der Waals surface area (Å²) in [5.41, 5.74) is 1.25. The molecule has 9 heteroatoms. The van der Waals surface area contributed by atoms with Gasteiger partial charge in [0.25, 0.3) is 5.91 Å². The lowest BCUT2D eigenvalue weighted by Gasteiger charge is -2.10. The fraction of sp³-hybridized carbons (Fsp3) is 0.200. The molecule has 178 valence electrons. The molecule has 0 unspecified atom stereocenters. The quantitative estimate of drug-likeness (QED) is 0.401. The monoisotopic (exact) mass is 482 g/mol. The van der Waals surface area contributed by atoms with E-state index in [4.69, 9.17) is 9.47 Å². The van der Waals surface area contributed by atoms with E-state index in [0.29, 0.717) is 35.9 Å². The van der Waals surface area contributed by atoms with Crippen LogP contribution in [0.4, 0.5) is 11.4 Å². The Morgan fingerprint density at radius 1 is 0.765 bits per heavy atom. The molecule has 34 heavy (non-hydrogen) atoms. The molecule has 2 amide bonds. The van der Waals surface area contributed by atoms with Gasteiger partial charge in [-0.25, -0.2) is 8.42 Å². The second-order valence-electron chi connectivity index (χ2n) is 7.47. The van der Waals surface area contributed by atoms with Crippen LogP contribution in [0.1, 0.15) is 12.8 Å². The third kappa shape index (κ3) is 8.25. The Kier molecular flexibility index (Phi) is 8.64. The van der Waals surface area contributed by atoms with E-state index in [1.807, 2.05) is 18.2 Å². The predicted octanol–water partition coefficient (Wildman–Crippen LogP) is 3.91. The van der Waals surface area contributed by atoms with Gasteiger partial charge in [0.15, 0.2) is 16.4 Å². The van der Waals surface area contributed by atoms with Crippen molar-refractivity contribution in [1.29, 1.82) is 0 Å². The summed E-state index contributed by atoms with van der Waals surface area (Å²) < 4.78 is 34.0. The maximum atomic E-state index is 12.2. The molecule has 0 bridgehead atoms. The van der Waals surface area contributed by atoms with E-state index >= 15 is 0 Å². The minimum atomic E-state index is -3.25. The summed E-state index contributed by atoms with van der Waals surface area (Å²) in [5.74, 6) is 0.525. The SMILES string of the molecule is CS(=O)(=O)c1ccc(OCCCC(=O)Nc2cccc(OCC(=O)Nc3ccccc3)c2)cc1. The molecule has 3 rings (SSSR count). The number of sulfone groups is 1. The predicted molar refractivity (Wildman–Crippen MR) is 130 cm³/mol. The summed E-state index contributed by atoms with van der Waals surface area (Å²) in [6, 6.07) is 22.0.